The maximum Gasteiger partial charge on any atom is 0.287 e. The van der Waals surface area contributed by atoms with Gasteiger partial charge in [-0.1, -0.05) is 23.7 Å². The highest BCUT2D eigenvalue weighted by Gasteiger charge is 2.20. The summed E-state index contributed by atoms with van der Waals surface area (Å²) < 4.78 is 11.4. The van der Waals surface area contributed by atoms with Crippen LogP contribution >= 0.6 is 11.6 Å². The van der Waals surface area contributed by atoms with Gasteiger partial charge in [-0.15, -0.1) is 0 Å². The van der Waals surface area contributed by atoms with Crippen LogP contribution in [0, 0.1) is 6.92 Å². The summed E-state index contributed by atoms with van der Waals surface area (Å²) in [7, 11) is 2.09. The largest absolute Gasteiger partial charge is 0.484 e. The summed E-state index contributed by atoms with van der Waals surface area (Å²) in [6, 6.07) is 9.25. The highest BCUT2D eigenvalue weighted by atomic mass is 35.5. The number of hydrogen-bond donors (Lipinski definition) is 1. The number of nitrogens with zero attached hydrogens (tertiary/aromatic N) is 1. The molecule has 0 radical (unpaired) electrons. The third kappa shape index (κ3) is 4.55. The molecule has 0 aliphatic carbocycles. The molecule has 0 saturated carbocycles. The zero-order valence-electron chi connectivity index (χ0n) is 14.5. The van der Waals surface area contributed by atoms with Crippen LogP contribution < -0.4 is 10.1 Å². The van der Waals surface area contributed by atoms with Crippen molar-refractivity contribution >= 4 is 17.5 Å². The minimum absolute atomic E-state index is 0.172. The van der Waals surface area contributed by atoms with Gasteiger partial charge in [0.05, 0.1) is 5.02 Å². The number of benzene rings is 1. The number of ether oxygens (including phenoxy) is 1. The Morgan fingerprint density at radius 1 is 1.32 bits per heavy atom. The fourth-order valence-electron chi connectivity index (χ4n) is 2.93. The molecular formula is C19H23ClN2O3. The molecule has 1 N–H and O–H groups in total. The van der Waals surface area contributed by atoms with E-state index in [1.165, 1.54) is 0 Å². The average molecular weight is 363 g/mol. The predicted octanol–water partition coefficient (Wildman–Crippen LogP) is 3.64. The lowest BCUT2D eigenvalue weighted by molar-refractivity contribution is 0.0884. The van der Waals surface area contributed by atoms with Gasteiger partial charge in [-0.2, -0.15) is 0 Å². The maximum absolute atomic E-state index is 12.3. The van der Waals surface area contributed by atoms with Gasteiger partial charge in [0.2, 0.25) is 0 Å². The lowest BCUT2D eigenvalue weighted by Gasteiger charge is -2.29. The first-order valence-electron chi connectivity index (χ1n) is 8.49. The Balaban J connectivity index is 1.56. The van der Waals surface area contributed by atoms with Crippen LogP contribution in [0.1, 0.15) is 34.7 Å². The molecule has 1 fully saturated rings. The summed E-state index contributed by atoms with van der Waals surface area (Å²) in [6.45, 7) is 4.16. The Kier molecular flexibility index (Phi) is 5.66. The summed E-state index contributed by atoms with van der Waals surface area (Å²) in [5.41, 5.74) is 0.958. The van der Waals surface area contributed by atoms with Gasteiger partial charge < -0.3 is 19.4 Å². The van der Waals surface area contributed by atoms with Gasteiger partial charge in [0, 0.05) is 6.04 Å². The number of nitrogens with one attached hydrogen (secondary N) is 1. The molecule has 1 aromatic heterocycles. The number of carbonyl (C=O) groups is 1. The van der Waals surface area contributed by atoms with Crippen LogP contribution in [-0.2, 0) is 6.61 Å². The number of rotatable bonds is 5. The number of aryl methyl sites for hydroxylation is 1. The normalized spacial score (nSPS) is 16.0. The van der Waals surface area contributed by atoms with Crippen LogP contribution in [-0.4, -0.2) is 37.0 Å². The molecule has 0 unspecified atom stereocenters. The van der Waals surface area contributed by atoms with Crippen molar-refractivity contribution < 1.29 is 13.9 Å². The molecule has 1 aliphatic rings. The van der Waals surface area contributed by atoms with Gasteiger partial charge >= 0.3 is 0 Å². The fourth-order valence-corrected chi connectivity index (χ4v) is 3.21. The first-order valence-corrected chi connectivity index (χ1v) is 8.87. The smallest absolute Gasteiger partial charge is 0.287 e. The fraction of sp³-hybridized carbons (Fsp3) is 0.421. The van der Waals surface area contributed by atoms with E-state index in [1.807, 2.05) is 19.1 Å². The van der Waals surface area contributed by atoms with E-state index in [-0.39, 0.29) is 18.6 Å². The molecule has 2 aromatic rings. The highest BCUT2D eigenvalue weighted by Crippen LogP contribution is 2.28. The second-order valence-corrected chi connectivity index (χ2v) is 6.90. The molecule has 0 atom stereocenters. The molecule has 0 bridgehead atoms. The van der Waals surface area contributed by atoms with E-state index in [4.69, 9.17) is 20.8 Å². The third-order valence-corrected chi connectivity index (χ3v) is 4.76. The van der Waals surface area contributed by atoms with Crippen LogP contribution in [0.2, 0.25) is 5.02 Å². The molecule has 25 heavy (non-hydrogen) atoms. The first-order chi connectivity index (χ1) is 12.0. The SMILES string of the molecule is Cc1cccc(Cl)c1OCc1ccc(C(=O)NC2CCN(C)CC2)o1. The second kappa shape index (κ2) is 7.93. The van der Waals surface area contributed by atoms with Gasteiger partial charge in [0.1, 0.15) is 18.1 Å². The van der Waals surface area contributed by atoms with Gasteiger partial charge in [-0.25, -0.2) is 0 Å². The number of para-hydroxylation sites is 1. The van der Waals surface area contributed by atoms with Crippen LogP contribution in [0.4, 0.5) is 0 Å². The summed E-state index contributed by atoms with van der Waals surface area (Å²) in [5, 5.41) is 3.60. The number of likely N-dealkylation sites (tertiary alicyclic amines) is 1. The van der Waals surface area contributed by atoms with E-state index in [9.17, 15) is 4.79 Å². The molecule has 1 amide bonds. The van der Waals surface area contributed by atoms with E-state index in [2.05, 4.69) is 17.3 Å². The molecule has 2 heterocycles. The van der Waals surface area contributed by atoms with Crippen molar-refractivity contribution in [2.24, 2.45) is 0 Å². The second-order valence-electron chi connectivity index (χ2n) is 6.49. The van der Waals surface area contributed by atoms with Crippen molar-refractivity contribution in [1.82, 2.24) is 10.2 Å². The van der Waals surface area contributed by atoms with E-state index < -0.39 is 0 Å². The van der Waals surface area contributed by atoms with Crippen LogP contribution in [0.5, 0.6) is 5.75 Å². The van der Waals surface area contributed by atoms with Gasteiger partial charge in [0.15, 0.2) is 5.76 Å². The average Bonchev–Trinajstić information content (AvgIpc) is 3.06. The number of halogens is 1. The molecular weight excluding hydrogens is 340 g/mol. The van der Waals surface area contributed by atoms with Crippen molar-refractivity contribution in [3.05, 3.63) is 52.4 Å². The van der Waals surface area contributed by atoms with E-state index in [0.29, 0.717) is 22.3 Å². The number of piperidine rings is 1. The topological polar surface area (TPSA) is 54.7 Å². The minimum Gasteiger partial charge on any atom is -0.484 e. The van der Waals surface area contributed by atoms with Crippen molar-refractivity contribution in [2.75, 3.05) is 20.1 Å². The molecule has 5 nitrogen and oxygen atoms in total. The molecule has 6 heteroatoms. The summed E-state index contributed by atoms with van der Waals surface area (Å²) in [5.74, 6) is 1.37. The van der Waals surface area contributed by atoms with Crippen molar-refractivity contribution in [3.63, 3.8) is 0 Å². The first kappa shape index (κ1) is 17.8. The molecule has 1 saturated heterocycles. The molecule has 3 rings (SSSR count). The maximum atomic E-state index is 12.3. The summed E-state index contributed by atoms with van der Waals surface area (Å²) in [4.78, 5) is 14.6. The van der Waals surface area contributed by atoms with Crippen LogP contribution in [0.15, 0.2) is 34.7 Å². The Morgan fingerprint density at radius 3 is 2.80 bits per heavy atom. The lowest BCUT2D eigenvalue weighted by atomic mass is 10.1. The zero-order chi connectivity index (χ0) is 17.8. The number of furan rings is 1. The quantitative estimate of drug-likeness (QED) is 0.882. The van der Waals surface area contributed by atoms with Crippen molar-refractivity contribution in [3.8, 4) is 5.75 Å². The molecule has 1 aromatic carbocycles. The summed E-state index contributed by atoms with van der Waals surface area (Å²) in [6.07, 6.45) is 1.93. The molecule has 134 valence electrons. The van der Waals surface area contributed by atoms with Gasteiger partial charge in [-0.05, 0) is 63.7 Å². The summed E-state index contributed by atoms with van der Waals surface area (Å²) >= 11 is 6.15. The standard InChI is InChI=1S/C19H23ClN2O3/c1-13-4-3-5-16(20)18(13)24-12-15-6-7-17(25-15)19(23)21-14-8-10-22(2)11-9-14/h3-7,14H,8-12H2,1-2H3,(H,21,23). The molecule has 0 spiro atoms. The Hall–Kier alpha value is -1.98. The molecule has 1 aliphatic heterocycles. The Labute approximate surface area is 152 Å². The zero-order valence-corrected chi connectivity index (χ0v) is 15.3. The van der Waals surface area contributed by atoms with E-state index in [0.717, 1.165) is 31.5 Å². The lowest BCUT2D eigenvalue weighted by Crippen LogP contribution is -2.43. The third-order valence-electron chi connectivity index (χ3n) is 4.46. The van der Waals surface area contributed by atoms with Gasteiger partial charge in [-0.3, -0.25) is 4.79 Å². The monoisotopic (exact) mass is 362 g/mol. The van der Waals surface area contributed by atoms with Crippen LogP contribution in [0.3, 0.4) is 0 Å². The predicted molar refractivity (Wildman–Crippen MR) is 97.2 cm³/mol. The van der Waals surface area contributed by atoms with Crippen molar-refractivity contribution in [2.45, 2.75) is 32.4 Å². The van der Waals surface area contributed by atoms with Gasteiger partial charge in [0.25, 0.3) is 5.91 Å². The minimum atomic E-state index is -0.172. The van der Waals surface area contributed by atoms with Crippen LogP contribution in [0.25, 0.3) is 0 Å². The van der Waals surface area contributed by atoms with Crippen molar-refractivity contribution in [1.29, 1.82) is 0 Å². The Bertz CT molecular complexity index is 716. The number of carbonyl (C=O) groups excluding carboxylic acids is 1. The number of amides is 1. The van der Waals surface area contributed by atoms with E-state index in [1.54, 1.807) is 18.2 Å². The highest BCUT2D eigenvalue weighted by molar-refractivity contribution is 6.32. The van der Waals surface area contributed by atoms with E-state index >= 15 is 0 Å². The number of hydrogen-bond acceptors (Lipinski definition) is 4. The Morgan fingerprint density at radius 2 is 2.08 bits per heavy atom.